The van der Waals surface area contributed by atoms with Gasteiger partial charge in [-0.15, -0.1) is 0 Å². The van der Waals surface area contributed by atoms with Crippen LogP contribution in [0, 0.1) is 0 Å². The minimum atomic E-state index is -0.409. The normalized spacial score (nSPS) is 17.9. The van der Waals surface area contributed by atoms with E-state index in [-0.39, 0.29) is 6.61 Å². The third-order valence-corrected chi connectivity index (χ3v) is 2.96. The summed E-state index contributed by atoms with van der Waals surface area (Å²) in [5, 5.41) is 9.15. The number of aliphatic hydroxyl groups excluding tert-OH is 1. The van der Waals surface area contributed by atoms with Gasteiger partial charge < -0.3 is 15.4 Å². The van der Waals surface area contributed by atoms with E-state index in [2.05, 4.69) is 14.5 Å². The highest BCUT2D eigenvalue weighted by molar-refractivity contribution is 5.75. The first kappa shape index (κ1) is 9.74. The standard InChI is InChI=1S/C11H14N4O/c12-8(6-16)11-14-9-5-13-4-3-10(9)15(11)7-1-2-7/h3-5,7-8,16H,1-2,6,12H2. The van der Waals surface area contributed by atoms with Gasteiger partial charge >= 0.3 is 0 Å². The second-order valence-electron chi connectivity index (χ2n) is 4.22. The maximum Gasteiger partial charge on any atom is 0.129 e. The van der Waals surface area contributed by atoms with Crippen LogP contribution in [0.5, 0.6) is 0 Å². The summed E-state index contributed by atoms with van der Waals surface area (Å²) >= 11 is 0. The van der Waals surface area contributed by atoms with E-state index in [9.17, 15) is 0 Å². The van der Waals surface area contributed by atoms with E-state index in [1.54, 1.807) is 12.4 Å². The molecule has 0 amide bonds. The number of nitrogens with zero attached hydrogens (tertiary/aromatic N) is 3. The molecule has 1 aliphatic rings. The monoisotopic (exact) mass is 218 g/mol. The molecule has 0 aliphatic heterocycles. The molecule has 5 nitrogen and oxygen atoms in total. The fourth-order valence-corrected chi connectivity index (χ4v) is 2.03. The summed E-state index contributed by atoms with van der Waals surface area (Å²) in [5.74, 6) is 0.771. The Morgan fingerprint density at radius 2 is 2.38 bits per heavy atom. The van der Waals surface area contributed by atoms with Crippen molar-refractivity contribution in [1.29, 1.82) is 0 Å². The number of pyridine rings is 1. The lowest BCUT2D eigenvalue weighted by molar-refractivity contribution is 0.261. The summed E-state index contributed by atoms with van der Waals surface area (Å²) in [6.45, 7) is -0.0799. The van der Waals surface area contributed by atoms with Gasteiger partial charge in [-0.05, 0) is 18.9 Å². The maximum atomic E-state index is 9.15. The van der Waals surface area contributed by atoms with E-state index in [1.807, 2.05) is 6.07 Å². The van der Waals surface area contributed by atoms with Crippen molar-refractivity contribution in [3.05, 3.63) is 24.3 Å². The fraction of sp³-hybridized carbons (Fsp3) is 0.455. The van der Waals surface area contributed by atoms with Gasteiger partial charge in [0.1, 0.15) is 11.3 Å². The molecule has 0 bridgehead atoms. The highest BCUT2D eigenvalue weighted by Gasteiger charge is 2.29. The summed E-state index contributed by atoms with van der Waals surface area (Å²) in [7, 11) is 0. The van der Waals surface area contributed by atoms with E-state index in [0.29, 0.717) is 6.04 Å². The molecule has 0 aromatic carbocycles. The number of aromatic nitrogens is 3. The third-order valence-electron chi connectivity index (χ3n) is 2.96. The zero-order valence-corrected chi connectivity index (χ0v) is 8.87. The molecule has 16 heavy (non-hydrogen) atoms. The topological polar surface area (TPSA) is 77.0 Å². The molecular formula is C11H14N4O. The largest absolute Gasteiger partial charge is 0.394 e. The van der Waals surface area contributed by atoms with Gasteiger partial charge in [0.2, 0.25) is 0 Å². The van der Waals surface area contributed by atoms with Gasteiger partial charge in [-0.25, -0.2) is 4.98 Å². The highest BCUT2D eigenvalue weighted by Crippen LogP contribution is 2.39. The predicted octanol–water partition coefficient (Wildman–Crippen LogP) is 0.758. The summed E-state index contributed by atoms with van der Waals surface area (Å²) in [5.41, 5.74) is 7.79. The number of imidazole rings is 1. The second-order valence-corrected chi connectivity index (χ2v) is 4.22. The van der Waals surface area contributed by atoms with Gasteiger partial charge in [-0.1, -0.05) is 0 Å². The lowest BCUT2D eigenvalue weighted by Gasteiger charge is -2.11. The van der Waals surface area contributed by atoms with Crippen LogP contribution in [0.2, 0.25) is 0 Å². The van der Waals surface area contributed by atoms with Crippen molar-refractivity contribution < 1.29 is 5.11 Å². The first-order chi connectivity index (χ1) is 7.81. The van der Waals surface area contributed by atoms with Crippen molar-refractivity contribution in [3.8, 4) is 0 Å². The molecule has 5 heteroatoms. The van der Waals surface area contributed by atoms with Gasteiger partial charge in [0.15, 0.2) is 0 Å². The van der Waals surface area contributed by atoms with E-state index < -0.39 is 6.04 Å². The zero-order valence-electron chi connectivity index (χ0n) is 8.87. The summed E-state index contributed by atoms with van der Waals surface area (Å²) in [4.78, 5) is 8.51. The van der Waals surface area contributed by atoms with Crippen molar-refractivity contribution in [2.24, 2.45) is 5.73 Å². The highest BCUT2D eigenvalue weighted by atomic mass is 16.3. The fourth-order valence-electron chi connectivity index (χ4n) is 2.03. The number of aliphatic hydroxyl groups is 1. The van der Waals surface area contributed by atoms with Crippen LogP contribution < -0.4 is 5.73 Å². The molecule has 1 aliphatic carbocycles. The van der Waals surface area contributed by atoms with Crippen molar-refractivity contribution in [1.82, 2.24) is 14.5 Å². The molecule has 2 aromatic rings. The molecule has 3 rings (SSSR count). The Labute approximate surface area is 92.9 Å². The van der Waals surface area contributed by atoms with E-state index in [0.717, 1.165) is 16.9 Å². The van der Waals surface area contributed by atoms with Gasteiger partial charge in [0, 0.05) is 12.2 Å². The van der Waals surface area contributed by atoms with Crippen molar-refractivity contribution in [3.63, 3.8) is 0 Å². The van der Waals surface area contributed by atoms with Crippen LogP contribution in [0.1, 0.15) is 30.7 Å². The second kappa shape index (κ2) is 3.54. The van der Waals surface area contributed by atoms with Crippen molar-refractivity contribution in [2.75, 3.05) is 6.61 Å². The van der Waals surface area contributed by atoms with E-state index in [1.165, 1.54) is 12.8 Å². The minimum absolute atomic E-state index is 0.0799. The van der Waals surface area contributed by atoms with Crippen LogP contribution >= 0.6 is 0 Å². The number of nitrogens with two attached hydrogens (primary N) is 1. The molecule has 1 fully saturated rings. The van der Waals surface area contributed by atoms with Crippen molar-refractivity contribution in [2.45, 2.75) is 24.9 Å². The number of hydrogen-bond donors (Lipinski definition) is 2. The van der Waals surface area contributed by atoms with Gasteiger partial charge in [-0.3, -0.25) is 4.98 Å². The van der Waals surface area contributed by atoms with Crippen molar-refractivity contribution >= 4 is 11.0 Å². The first-order valence-electron chi connectivity index (χ1n) is 5.49. The number of rotatable bonds is 3. The molecular weight excluding hydrogens is 204 g/mol. The lowest BCUT2D eigenvalue weighted by Crippen LogP contribution is -2.19. The SMILES string of the molecule is NC(CO)c1nc2cnccc2n1C1CC1. The molecule has 2 aromatic heterocycles. The van der Waals surface area contributed by atoms with Crippen LogP contribution in [-0.4, -0.2) is 26.2 Å². The summed E-state index contributed by atoms with van der Waals surface area (Å²) in [6.07, 6.45) is 5.83. The Bertz CT molecular complexity index is 518. The Hall–Kier alpha value is -1.46. The molecule has 0 spiro atoms. The van der Waals surface area contributed by atoms with Crippen LogP contribution in [0.15, 0.2) is 18.5 Å². The average molecular weight is 218 g/mol. The molecule has 1 saturated carbocycles. The predicted molar refractivity (Wildman–Crippen MR) is 59.8 cm³/mol. The molecule has 0 saturated heterocycles. The van der Waals surface area contributed by atoms with Gasteiger partial charge in [-0.2, -0.15) is 0 Å². The molecule has 3 N–H and O–H groups in total. The van der Waals surface area contributed by atoms with E-state index in [4.69, 9.17) is 10.8 Å². The van der Waals surface area contributed by atoms with Crippen LogP contribution in [0.3, 0.4) is 0 Å². The average Bonchev–Trinajstić information content (AvgIpc) is 3.08. The lowest BCUT2D eigenvalue weighted by atomic mass is 10.3. The first-order valence-corrected chi connectivity index (χ1v) is 5.49. The van der Waals surface area contributed by atoms with Crippen LogP contribution in [-0.2, 0) is 0 Å². The third kappa shape index (κ3) is 1.40. The smallest absolute Gasteiger partial charge is 0.129 e. The molecule has 84 valence electrons. The Kier molecular flexibility index (Phi) is 2.15. The summed E-state index contributed by atoms with van der Waals surface area (Å²) < 4.78 is 2.15. The zero-order chi connectivity index (χ0) is 11.1. The summed E-state index contributed by atoms with van der Waals surface area (Å²) in [6, 6.07) is 2.04. The molecule has 1 unspecified atom stereocenters. The molecule has 1 atom stereocenters. The Morgan fingerprint density at radius 1 is 1.56 bits per heavy atom. The molecule has 2 heterocycles. The maximum absolute atomic E-state index is 9.15. The van der Waals surface area contributed by atoms with Crippen LogP contribution in [0.25, 0.3) is 11.0 Å². The molecule has 0 radical (unpaired) electrons. The van der Waals surface area contributed by atoms with Gasteiger partial charge in [0.25, 0.3) is 0 Å². The Morgan fingerprint density at radius 3 is 3.06 bits per heavy atom. The van der Waals surface area contributed by atoms with E-state index >= 15 is 0 Å². The Balaban J connectivity index is 2.22. The number of fused-ring (bicyclic) bond motifs is 1. The number of hydrogen-bond acceptors (Lipinski definition) is 4. The van der Waals surface area contributed by atoms with Crippen LogP contribution in [0.4, 0.5) is 0 Å². The van der Waals surface area contributed by atoms with Gasteiger partial charge in [0.05, 0.1) is 24.4 Å². The quantitative estimate of drug-likeness (QED) is 0.797. The minimum Gasteiger partial charge on any atom is -0.394 e.